The summed E-state index contributed by atoms with van der Waals surface area (Å²) in [4.78, 5) is 12.3. The zero-order valence-electron chi connectivity index (χ0n) is 15.8. The van der Waals surface area contributed by atoms with E-state index in [9.17, 15) is 4.79 Å². The van der Waals surface area contributed by atoms with Gasteiger partial charge < -0.3 is 4.74 Å². The second-order valence-electron chi connectivity index (χ2n) is 6.09. The molecule has 2 aromatic carbocycles. The quantitative estimate of drug-likeness (QED) is 0.478. The smallest absolute Gasteiger partial charge is 0.289 e. The van der Waals surface area contributed by atoms with Gasteiger partial charge in [-0.3, -0.25) is 9.89 Å². The topological polar surface area (TPSA) is 79.4 Å². The summed E-state index contributed by atoms with van der Waals surface area (Å²) in [7, 11) is 0. The highest BCUT2D eigenvalue weighted by molar-refractivity contribution is 5.94. The predicted octanol–water partition coefficient (Wildman–Crippen LogP) is 4.29. The first-order valence-electron chi connectivity index (χ1n) is 9.01. The molecule has 0 fully saturated rings. The van der Waals surface area contributed by atoms with E-state index in [-0.39, 0.29) is 5.91 Å². The van der Waals surface area contributed by atoms with Gasteiger partial charge in [0.15, 0.2) is 0 Å². The number of nitrogens with one attached hydrogen (secondary N) is 2. The number of amides is 1. The maximum Gasteiger partial charge on any atom is 0.289 e. The van der Waals surface area contributed by atoms with Crippen LogP contribution in [0.15, 0.2) is 71.3 Å². The standard InChI is InChI=1S/C22H22N4O2/c1-3-28-21-12-8-7-11-18(21)19-14-20(25-24-19)22(27)26-23-15-16(2)13-17-9-5-4-6-10-17/h4-15H,3H2,1-2H3,(H,24,25)(H,26,27). The van der Waals surface area contributed by atoms with Crippen LogP contribution in [0.5, 0.6) is 5.75 Å². The molecule has 6 nitrogen and oxygen atoms in total. The maximum absolute atomic E-state index is 12.3. The molecule has 0 aliphatic carbocycles. The van der Waals surface area contributed by atoms with Crippen LogP contribution < -0.4 is 10.2 Å². The summed E-state index contributed by atoms with van der Waals surface area (Å²) in [5, 5.41) is 11.0. The highest BCUT2D eigenvalue weighted by atomic mass is 16.5. The van der Waals surface area contributed by atoms with E-state index in [2.05, 4.69) is 20.7 Å². The average Bonchev–Trinajstić information content (AvgIpc) is 3.19. The molecule has 1 aromatic heterocycles. The molecule has 0 saturated heterocycles. The van der Waals surface area contributed by atoms with Crippen molar-refractivity contribution in [3.05, 3.63) is 77.5 Å². The molecule has 0 bridgehead atoms. The van der Waals surface area contributed by atoms with Crippen LogP contribution in [0.4, 0.5) is 0 Å². The Bertz CT molecular complexity index is 991. The van der Waals surface area contributed by atoms with E-state index in [1.54, 1.807) is 12.3 Å². The van der Waals surface area contributed by atoms with Crippen molar-refractivity contribution in [2.24, 2.45) is 5.10 Å². The van der Waals surface area contributed by atoms with Crippen LogP contribution in [0.2, 0.25) is 0 Å². The molecule has 0 unspecified atom stereocenters. The molecule has 0 aliphatic rings. The van der Waals surface area contributed by atoms with Gasteiger partial charge in [-0.25, -0.2) is 5.43 Å². The molecular weight excluding hydrogens is 352 g/mol. The van der Waals surface area contributed by atoms with Crippen molar-refractivity contribution in [3.8, 4) is 17.0 Å². The van der Waals surface area contributed by atoms with Crippen LogP contribution in [0, 0.1) is 0 Å². The Balaban J connectivity index is 1.66. The number of para-hydroxylation sites is 1. The van der Waals surface area contributed by atoms with Crippen LogP contribution in [0.3, 0.4) is 0 Å². The normalized spacial score (nSPS) is 11.6. The number of hydrogen-bond donors (Lipinski definition) is 2. The lowest BCUT2D eigenvalue weighted by molar-refractivity contribution is 0.0950. The number of H-pyrrole nitrogens is 1. The van der Waals surface area contributed by atoms with E-state index in [1.165, 1.54) is 0 Å². The van der Waals surface area contributed by atoms with Crippen molar-refractivity contribution >= 4 is 18.2 Å². The second-order valence-corrected chi connectivity index (χ2v) is 6.09. The molecule has 28 heavy (non-hydrogen) atoms. The highest BCUT2D eigenvalue weighted by Gasteiger charge is 2.13. The summed E-state index contributed by atoms with van der Waals surface area (Å²) >= 11 is 0. The first kappa shape index (κ1) is 19.1. The number of carbonyl (C=O) groups is 1. The monoisotopic (exact) mass is 374 g/mol. The minimum atomic E-state index is -0.364. The Hall–Kier alpha value is -3.67. The lowest BCUT2D eigenvalue weighted by atomic mass is 10.1. The summed E-state index contributed by atoms with van der Waals surface area (Å²) in [5.41, 5.74) is 6.28. The van der Waals surface area contributed by atoms with Gasteiger partial charge in [0.2, 0.25) is 0 Å². The van der Waals surface area contributed by atoms with Crippen molar-refractivity contribution in [3.63, 3.8) is 0 Å². The van der Waals surface area contributed by atoms with Crippen molar-refractivity contribution in [1.82, 2.24) is 15.6 Å². The second kappa shape index (κ2) is 9.32. The third-order valence-corrected chi connectivity index (χ3v) is 3.91. The third kappa shape index (κ3) is 4.94. The van der Waals surface area contributed by atoms with E-state index in [0.717, 1.165) is 22.4 Å². The first-order valence-corrected chi connectivity index (χ1v) is 9.01. The number of rotatable bonds is 7. The van der Waals surface area contributed by atoms with Crippen molar-refractivity contribution in [1.29, 1.82) is 0 Å². The largest absolute Gasteiger partial charge is 0.493 e. The van der Waals surface area contributed by atoms with Crippen molar-refractivity contribution in [2.45, 2.75) is 13.8 Å². The minimum Gasteiger partial charge on any atom is -0.493 e. The Morgan fingerprint density at radius 1 is 1.18 bits per heavy atom. The summed E-state index contributed by atoms with van der Waals surface area (Å²) in [6, 6.07) is 19.2. The number of benzene rings is 2. The zero-order valence-corrected chi connectivity index (χ0v) is 15.8. The van der Waals surface area contributed by atoms with Crippen molar-refractivity contribution < 1.29 is 9.53 Å². The number of carbonyl (C=O) groups excluding carboxylic acids is 1. The number of ether oxygens (including phenoxy) is 1. The fourth-order valence-corrected chi connectivity index (χ4v) is 2.64. The number of hydrogen-bond acceptors (Lipinski definition) is 4. The van der Waals surface area contributed by atoms with Gasteiger partial charge in [-0.1, -0.05) is 48.5 Å². The molecule has 1 heterocycles. The van der Waals surface area contributed by atoms with Gasteiger partial charge in [0.1, 0.15) is 11.4 Å². The predicted molar refractivity (Wildman–Crippen MR) is 111 cm³/mol. The van der Waals surface area contributed by atoms with Gasteiger partial charge >= 0.3 is 0 Å². The van der Waals surface area contributed by atoms with E-state index in [4.69, 9.17) is 4.74 Å². The van der Waals surface area contributed by atoms with Gasteiger partial charge in [0.25, 0.3) is 5.91 Å². The minimum absolute atomic E-state index is 0.322. The van der Waals surface area contributed by atoms with Crippen LogP contribution >= 0.6 is 0 Å². The lowest BCUT2D eigenvalue weighted by Crippen LogP contribution is -2.17. The molecule has 3 rings (SSSR count). The first-order chi connectivity index (χ1) is 13.7. The summed E-state index contributed by atoms with van der Waals surface area (Å²) < 4.78 is 5.62. The van der Waals surface area contributed by atoms with Crippen molar-refractivity contribution in [2.75, 3.05) is 6.61 Å². The summed E-state index contributed by atoms with van der Waals surface area (Å²) in [6.07, 6.45) is 3.58. The Morgan fingerprint density at radius 3 is 2.71 bits per heavy atom. The van der Waals surface area contributed by atoms with Crippen LogP contribution in [-0.2, 0) is 0 Å². The summed E-state index contributed by atoms with van der Waals surface area (Å²) in [6.45, 7) is 4.40. The maximum atomic E-state index is 12.3. The molecule has 6 heteroatoms. The number of aromatic nitrogens is 2. The highest BCUT2D eigenvalue weighted by Crippen LogP contribution is 2.28. The van der Waals surface area contributed by atoms with Crippen LogP contribution in [0.25, 0.3) is 17.3 Å². The number of aromatic amines is 1. The summed E-state index contributed by atoms with van der Waals surface area (Å²) in [5.74, 6) is 0.361. The molecule has 2 N–H and O–H groups in total. The Kier molecular flexibility index (Phi) is 6.36. The molecule has 0 aliphatic heterocycles. The SMILES string of the molecule is CCOc1ccccc1-c1cc(C(=O)NN=CC(C)=Cc2ccccc2)[nH]n1. The number of nitrogens with zero attached hydrogens (tertiary/aromatic N) is 2. The Morgan fingerprint density at radius 2 is 1.93 bits per heavy atom. The Labute approximate surface area is 163 Å². The van der Waals surface area contributed by atoms with Gasteiger partial charge in [0, 0.05) is 5.56 Å². The molecular formula is C22H22N4O2. The molecule has 0 atom stereocenters. The number of allylic oxidation sites excluding steroid dienone is 1. The van der Waals surface area contributed by atoms with Gasteiger partial charge in [-0.15, -0.1) is 0 Å². The zero-order chi connectivity index (χ0) is 19.8. The third-order valence-electron chi connectivity index (χ3n) is 3.91. The van der Waals surface area contributed by atoms with E-state index in [0.29, 0.717) is 18.0 Å². The van der Waals surface area contributed by atoms with Crippen LogP contribution in [0.1, 0.15) is 29.9 Å². The number of hydrazone groups is 1. The molecule has 3 aromatic rings. The van der Waals surface area contributed by atoms with Gasteiger partial charge in [-0.05, 0) is 43.2 Å². The molecule has 0 saturated carbocycles. The molecule has 1 amide bonds. The molecule has 0 spiro atoms. The van der Waals surface area contributed by atoms with E-state index >= 15 is 0 Å². The average molecular weight is 374 g/mol. The van der Waals surface area contributed by atoms with Gasteiger partial charge in [0.05, 0.1) is 18.5 Å². The van der Waals surface area contributed by atoms with Gasteiger partial charge in [-0.2, -0.15) is 10.2 Å². The fraction of sp³-hybridized carbons (Fsp3) is 0.136. The van der Waals surface area contributed by atoms with E-state index in [1.807, 2.05) is 74.5 Å². The van der Waals surface area contributed by atoms with E-state index < -0.39 is 0 Å². The molecule has 0 radical (unpaired) electrons. The molecule has 142 valence electrons. The van der Waals surface area contributed by atoms with Crippen LogP contribution in [-0.4, -0.2) is 28.9 Å². The lowest BCUT2D eigenvalue weighted by Gasteiger charge is -2.07. The fourth-order valence-electron chi connectivity index (χ4n) is 2.64.